The molecule has 2 aromatic heterocycles. The van der Waals surface area contributed by atoms with Gasteiger partial charge in [0.15, 0.2) is 0 Å². The van der Waals surface area contributed by atoms with Gasteiger partial charge in [-0.3, -0.25) is 14.5 Å². The highest BCUT2D eigenvalue weighted by Gasteiger charge is 2.26. The van der Waals surface area contributed by atoms with Crippen molar-refractivity contribution in [3.8, 4) is 0 Å². The molecule has 0 spiro atoms. The van der Waals surface area contributed by atoms with E-state index in [9.17, 15) is 4.79 Å². The second-order valence-corrected chi connectivity index (χ2v) is 7.23. The third kappa shape index (κ3) is 3.32. The van der Waals surface area contributed by atoms with Crippen LogP contribution < -0.4 is 0 Å². The van der Waals surface area contributed by atoms with Crippen LogP contribution in [-0.4, -0.2) is 57.7 Å². The Labute approximate surface area is 153 Å². The lowest BCUT2D eigenvalue weighted by Gasteiger charge is -2.26. The molecule has 1 amide bonds. The molecule has 0 saturated carbocycles. The summed E-state index contributed by atoms with van der Waals surface area (Å²) in [5.41, 5.74) is 2.70. The van der Waals surface area contributed by atoms with Crippen molar-refractivity contribution in [3.05, 3.63) is 60.0 Å². The number of carbonyl (C=O) groups excluding carboxylic acids is 1. The minimum absolute atomic E-state index is 0.0640. The SMILES string of the molecule is CN(C)CC1CN(C(=O)c2ccc3ncccc3c2)Cc2ccnn2C1. The van der Waals surface area contributed by atoms with E-state index in [0.29, 0.717) is 18.0 Å². The highest BCUT2D eigenvalue weighted by Crippen LogP contribution is 2.20. The normalized spacial score (nSPS) is 17.3. The van der Waals surface area contributed by atoms with Gasteiger partial charge < -0.3 is 9.80 Å². The molecule has 0 aliphatic carbocycles. The lowest BCUT2D eigenvalue weighted by Crippen LogP contribution is -2.37. The first kappa shape index (κ1) is 16.7. The molecular weight excluding hydrogens is 326 g/mol. The van der Waals surface area contributed by atoms with Crippen molar-refractivity contribution < 1.29 is 4.79 Å². The predicted molar refractivity (Wildman–Crippen MR) is 101 cm³/mol. The minimum Gasteiger partial charge on any atom is -0.332 e. The number of fused-ring (bicyclic) bond motifs is 2. The Morgan fingerprint density at radius 1 is 1.19 bits per heavy atom. The highest BCUT2D eigenvalue weighted by molar-refractivity contribution is 5.97. The molecule has 0 saturated heterocycles. The van der Waals surface area contributed by atoms with Crippen molar-refractivity contribution in [2.75, 3.05) is 27.2 Å². The van der Waals surface area contributed by atoms with Crippen LogP contribution in [0.25, 0.3) is 10.9 Å². The number of nitrogens with zero attached hydrogens (tertiary/aromatic N) is 5. The largest absolute Gasteiger partial charge is 0.332 e. The van der Waals surface area contributed by atoms with Crippen LogP contribution in [0.15, 0.2) is 48.8 Å². The van der Waals surface area contributed by atoms with Crippen LogP contribution in [0.3, 0.4) is 0 Å². The molecule has 3 aromatic rings. The van der Waals surface area contributed by atoms with Crippen molar-refractivity contribution >= 4 is 16.8 Å². The van der Waals surface area contributed by atoms with Crippen LogP contribution in [0, 0.1) is 5.92 Å². The third-order valence-electron chi connectivity index (χ3n) is 4.83. The van der Waals surface area contributed by atoms with E-state index in [0.717, 1.165) is 36.2 Å². The number of amides is 1. The van der Waals surface area contributed by atoms with E-state index in [2.05, 4.69) is 29.1 Å². The zero-order valence-electron chi connectivity index (χ0n) is 15.2. The summed E-state index contributed by atoms with van der Waals surface area (Å²) in [5, 5.41) is 5.42. The number of carbonyl (C=O) groups is 1. The van der Waals surface area contributed by atoms with Crippen LogP contribution in [-0.2, 0) is 13.1 Å². The maximum atomic E-state index is 13.2. The first-order valence-electron chi connectivity index (χ1n) is 8.89. The van der Waals surface area contributed by atoms with Crippen molar-refractivity contribution in [1.82, 2.24) is 24.6 Å². The van der Waals surface area contributed by atoms with Gasteiger partial charge in [0.2, 0.25) is 0 Å². The zero-order chi connectivity index (χ0) is 18.1. The molecule has 1 aliphatic heterocycles. The molecule has 0 N–H and O–H groups in total. The predicted octanol–water partition coefficient (Wildman–Crippen LogP) is 2.27. The standard InChI is InChI=1S/C20H23N5O/c1-23(2)11-15-12-24(14-18-7-9-22-25(18)13-15)20(26)17-5-6-19-16(10-17)4-3-8-21-19/h3-10,15H,11-14H2,1-2H3. The Morgan fingerprint density at radius 2 is 2.08 bits per heavy atom. The molecule has 4 rings (SSSR count). The van der Waals surface area contributed by atoms with E-state index < -0.39 is 0 Å². The van der Waals surface area contributed by atoms with Gasteiger partial charge in [-0.15, -0.1) is 0 Å². The fourth-order valence-electron chi connectivity index (χ4n) is 3.71. The van der Waals surface area contributed by atoms with E-state index in [-0.39, 0.29) is 5.91 Å². The van der Waals surface area contributed by atoms with Gasteiger partial charge in [-0.2, -0.15) is 5.10 Å². The van der Waals surface area contributed by atoms with E-state index in [1.54, 1.807) is 6.20 Å². The molecule has 6 nitrogen and oxygen atoms in total. The molecule has 1 atom stereocenters. The Hall–Kier alpha value is -2.73. The summed E-state index contributed by atoms with van der Waals surface area (Å²) in [6, 6.07) is 11.6. The van der Waals surface area contributed by atoms with E-state index in [1.165, 1.54) is 0 Å². The number of hydrogen-bond donors (Lipinski definition) is 0. The average molecular weight is 349 g/mol. The van der Waals surface area contributed by atoms with Gasteiger partial charge in [-0.1, -0.05) is 6.07 Å². The van der Waals surface area contributed by atoms with E-state index in [4.69, 9.17) is 0 Å². The quantitative estimate of drug-likeness (QED) is 0.728. The van der Waals surface area contributed by atoms with Gasteiger partial charge in [-0.05, 0) is 44.4 Å². The number of pyridine rings is 1. The summed E-state index contributed by atoms with van der Waals surface area (Å²) < 4.78 is 2.03. The molecular formula is C20H23N5O. The Morgan fingerprint density at radius 3 is 2.92 bits per heavy atom. The number of benzene rings is 1. The fraction of sp³-hybridized carbons (Fsp3) is 0.350. The van der Waals surface area contributed by atoms with Gasteiger partial charge >= 0.3 is 0 Å². The fourth-order valence-corrected chi connectivity index (χ4v) is 3.71. The number of aromatic nitrogens is 3. The molecule has 26 heavy (non-hydrogen) atoms. The first-order chi connectivity index (χ1) is 12.6. The summed E-state index contributed by atoms with van der Waals surface area (Å²) >= 11 is 0. The lowest BCUT2D eigenvalue weighted by molar-refractivity contribution is 0.0712. The van der Waals surface area contributed by atoms with Gasteiger partial charge in [0.25, 0.3) is 5.91 Å². The van der Waals surface area contributed by atoms with Crippen LogP contribution in [0.4, 0.5) is 0 Å². The van der Waals surface area contributed by atoms with Crippen molar-refractivity contribution in [3.63, 3.8) is 0 Å². The lowest BCUT2D eigenvalue weighted by atomic mass is 10.1. The summed E-state index contributed by atoms with van der Waals surface area (Å²) in [6.45, 7) is 3.08. The van der Waals surface area contributed by atoms with Crippen LogP contribution >= 0.6 is 0 Å². The molecule has 0 radical (unpaired) electrons. The molecule has 3 heterocycles. The van der Waals surface area contributed by atoms with Gasteiger partial charge in [-0.25, -0.2) is 0 Å². The van der Waals surface area contributed by atoms with Crippen LogP contribution in [0.2, 0.25) is 0 Å². The smallest absolute Gasteiger partial charge is 0.254 e. The Balaban J connectivity index is 1.64. The van der Waals surface area contributed by atoms with E-state index >= 15 is 0 Å². The summed E-state index contributed by atoms with van der Waals surface area (Å²) in [7, 11) is 4.13. The topological polar surface area (TPSA) is 54.3 Å². The van der Waals surface area contributed by atoms with E-state index in [1.807, 2.05) is 52.2 Å². The maximum Gasteiger partial charge on any atom is 0.254 e. The second-order valence-electron chi connectivity index (χ2n) is 7.23. The average Bonchev–Trinajstić information content (AvgIpc) is 2.99. The molecule has 0 fully saturated rings. The van der Waals surface area contributed by atoms with Crippen molar-refractivity contribution in [2.45, 2.75) is 13.1 Å². The first-order valence-corrected chi connectivity index (χ1v) is 8.89. The summed E-state index contributed by atoms with van der Waals surface area (Å²) in [6.07, 6.45) is 3.59. The highest BCUT2D eigenvalue weighted by atomic mass is 16.2. The zero-order valence-corrected chi connectivity index (χ0v) is 15.2. The van der Waals surface area contributed by atoms with Crippen molar-refractivity contribution in [1.29, 1.82) is 0 Å². The van der Waals surface area contributed by atoms with Crippen LogP contribution in [0.5, 0.6) is 0 Å². The summed E-state index contributed by atoms with van der Waals surface area (Å²) in [4.78, 5) is 21.7. The Kier molecular flexibility index (Phi) is 4.42. The van der Waals surface area contributed by atoms with Crippen LogP contribution in [0.1, 0.15) is 16.1 Å². The maximum absolute atomic E-state index is 13.2. The molecule has 0 bridgehead atoms. The van der Waals surface area contributed by atoms with Crippen molar-refractivity contribution in [2.24, 2.45) is 5.92 Å². The molecule has 1 unspecified atom stereocenters. The van der Waals surface area contributed by atoms with Gasteiger partial charge in [0.05, 0.1) is 17.8 Å². The second kappa shape index (κ2) is 6.88. The minimum atomic E-state index is 0.0640. The van der Waals surface area contributed by atoms with Gasteiger partial charge in [0, 0.05) is 48.9 Å². The third-order valence-corrected chi connectivity index (χ3v) is 4.83. The van der Waals surface area contributed by atoms with Gasteiger partial charge in [0.1, 0.15) is 0 Å². The summed E-state index contributed by atoms with van der Waals surface area (Å²) in [5.74, 6) is 0.409. The molecule has 1 aromatic carbocycles. The monoisotopic (exact) mass is 349 g/mol. The number of hydrogen-bond acceptors (Lipinski definition) is 4. The molecule has 134 valence electrons. The molecule has 1 aliphatic rings. The number of rotatable bonds is 3. The Bertz CT molecular complexity index is 933. The molecule has 6 heteroatoms.